The zero-order valence-electron chi connectivity index (χ0n) is 20.4. The third-order valence-corrected chi connectivity index (χ3v) is 9.22. The smallest absolute Gasteiger partial charge is 0.264 e. The second-order valence-corrected chi connectivity index (χ2v) is 12.3. The number of rotatable bonds is 10. The van der Waals surface area contributed by atoms with Crippen molar-refractivity contribution in [3.8, 4) is 5.75 Å². The third kappa shape index (κ3) is 6.48. The number of aryl methyl sites for hydroxylation is 2. The first-order valence-electron chi connectivity index (χ1n) is 11.8. The molecule has 0 fully saturated rings. The van der Waals surface area contributed by atoms with Crippen LogP contribution in [0, 0.1) is 6.92 Å². The van der Waals surface area contributed by atoms with Crippen molar-refractivity contribution in [2.24, 2.45) is 0 Å². The molecule has 1 amide bonds. The lowest BCUT2D eigenvalue weighted by Crippen LogP contribution is -2.36. The van der Waals surface area contributed by atoms with Gasteiger partial charge in [-0.05, 0) is 67.8 Å². The van der Waals surface area contributed by atoms with Crippen LogP contribution in [0.3, 0.4) is 0 Å². The van der Waals surface area contributed by atoms with Crippen LogP contribution in [0.25, 0.3) is 0 Å². The van der Waals surface area contributed by atoms with Gasteiger partial charge in [0.05, 0.1) is 15.5 Å². The van der Waals surface area contributed by atoms with Crippen LogP contribution in [-0.4, -0.2) is 49.0 Å². The van der Waals surface area contributed by atoms with Crippen LogP contribution in [0.4, 0.5) is 5.69 Å². The Bertz CT molecular complexity index is 1450. The standard InChI is InChI=1S/C26H29N3O6S2/c1-20-8-12-23(13-9-20)36(31,32)28-17-16-27-26(30)19-35-22-10-14-24(15-11-22)37(33,34)29-18-4-6-21-5-2-3-7-25(21)29/h2-3,5,7-15,28H,4,6,16-19H2,1H3,(H,27,30). The lowest BCUT2D eigenvalue weighted by Gasteiger charge is -2.30. The van der Waals surface area contributed by atoms with E-state index in [2.05, 4.69) is 10.0 Å². The maximum atomic E-state index is 13.2. The molecule has 4 rings (SSSR count). The molecule has 11 heteroatoms. The molecular formula is C26H29N3O6S2. The molecule has 0 aromatic heterocycles. The molecule has 0 saturated heterocycles. The summed E-state index contributed by atoms with van der Waals surface area (Å²) in [5.74, 6) is -0.0932. The predicted molar refractivity (Wildman–Crippen MR) is 141 cm³/mol. The second-order valence-electron chi connectivity index (χ2n) is 8.63. The fourth-order valence-electron chi connectivity index (χ4n) is 3.97. The Morgan fingerprint density at radius 3 is 2.30 bits per heavy atom. The summed E-state index contributed by atoms with van der Waals surface area (Å²) in [5.41, 5.74) is 2.66. The number of anilines is 1. The van der Waals surface area contributed by atoms with Crippen molar-refractivity contribution in [3.63, 3.8) is 0 Å². The van der Waals surface area contributed by atoms with Gasteiger partial charge >= 0.3 is 0 Å². The molecule has 3 aromatic carbocycles. The molecule has 0 radical (unpaired) electrons. The first-order chi connectivity index (χ1) is 17.7. The van der Waals surface area contributed by atoms with Gasteiger partial charge in [-0.25, -0.2) is 21.6 Å². The molecule has 1 heterocycles. The lowest BCUT2D eigenvalue weighted by atomic mass is 10.0. The van der Waals surface area contributed by atoms with Crippen LogP contribution in [0.2, 0.25) is 0 Å². The highest BCUT2D eigenvalue weighted by Crippen LogP contribution is 2.32. The third-order valence-electron chi connectivity index (χ3n) is 5.92. The van der Waals surface area contributed by atoms with Crippen molar-refractivity contribution < 1.29 is 26.4 Å². The number of hydrogen-bond donors (Lipinski definition) is 2. The molecule has 0 aliphatic carbocycles. The lowest BCUT2D eigenvalue weighted by molar-refractivity contribution is -0.123. The average Bonchev–Trinajstić information content (AvgIpc) is 2.90. The number of nitrogens with one attached hydrogen (secondary N) is 2. The number of ether oxygens (including phenoxy) is 1. The maximum Gasteiger partial charge on any atom is 0.264 e. The van der Waals surface area contributed by atoms with E-state index in [1.807, 2.05) is 31.2 Å². The number of nitrogens with zero attached hydrogens (tertiary/aromatic N) is 1. The highest BCUT2D eigenvalue weighted by Gasteiger charge is 2.28. The number of sulfonamides is 2. The molecule has 1 aliphatic rings. The van der Waals surface area contributed by atoms with Gasteiger partial charge in [0.15, 0.2) is 6.61 Å². The van der Waals surface area contributed by atoms with Crippen molar-refractivity contribution >= 4 is 31.6 Å². The van der Waals surface area contributed by atoms with Gasteiger partial charge in [-0.2, -0.15) is 0 Å². The van der Waals surface area contributed by atoms with E-state index in [-0.39, 0.29) is 29.5 Å². The van der Waals surface area contributed by atoms with Gasteiger partial charge < -0.3 is 10.1 Å². The van der Waals surface area contributed by atoms with Crippen LogP contribution in [0.1, 0.15) is 17.5 Å². The molecule has 0 unspecified atom stereocenters. The van der Waals surface area contributed by atoms with Crippen molar-refractivity contribution in [1.82, 2.24) is 10.0 Å². The predicted octanol–water partition coefficient (Wildman–Crippen LogP) is 2.61. The highest BCUT2D eigenvalue weighted by atomic mass is 32.2. The van der Waals surface area contributed by atoms with E-state index in [0.717, 1.165) is 24.0 Å². The number of carbonyl (C=O) groups excluding carboxylic acids is 1. The summed E-state index contributed by atoms with van der Waals surface area (Å²) in [6.45, 7) is 2.09. The largest absolute Gasteiger partial charge is 0.484 e. The number of hydrogen-bond acceptors (Lipinski definition) is 6. The minimum absolute atomic E-state index is 0.0220. The molecule has 1 aliphatic heterocycles. The van der Waals surface area contributed by atoms with Crippen molar-refractivity contribution in [2.45, 2.75) is 29.6 Å². The first kappa shape index (κ1) is 26.6. The molecule has 0 bridgehead atoms. The fourth-order valence-corrected chi connectivity index (χ4v) is 6.54. The average molecular weight is 544 g/mol. The van der Waals surface area contributed by atoms with Gasteiger partial charge in [-0.3, -0.25) is 9.10 Å². The van der Waals surface area contributed by atoms with Crippen LogP contribution in [0.15, 0.2) is 82.6 Å². The molecule has 2 N–H and O–H groups in total. The van der Waals surface area contributed by atoms with Gasteiger partial charge in [-0.1, -0.05) is 35.9 Å². The Kier molecular flexibility index (Phi) is 8.16. The van der Waals surface area contributed by atoms with Crippen molar-refractivity contribution in [1.29, 1.82) is 0 Å². The molecule has 3 aromatic rings. The summed E-state index contributed by atoms with van der Waals surface area (Å²) in [6, 6.07) is 19.9. The minimum Gasteiger partial charge on any atom is -0.484 e. The summed E-state index contributed by atoms with van der Waals surface area (Å²) in [4.78, 5) is 12.4. The Hall–Kier alpha value is -3.41. The SMILES string of the molecule is Cc1ccc(S(=O)(=O)NCCNC(=O)COc2ccc(S(=O)(=O)N3CCCc4ccccc43)cc2)cc1. The minimum atomic E-state index is -3.73. The molecule has 9 nitrogen and oxygen atoms in total. The molecular weight excluding hydrogens is 514 g/mol. The zero-order valence-corrected chi connectivity index (χ0v) is 22.0. The van der Waals surface area contributed by atoms with E-state index in [4.69, 9.17) is 4.74 Å². The van der Waals surface area contributed by atoms with Crippen LogP contribution in [0.5, 0.6) is 5.75 Å². The summed E-state index contributed by atoms with van der Waals surface area (Å²) in [5, 5.41) is 2.58. The van der Waals surface area contributed by atoms with Crippen molar-refractivity contribution in [2.75, 3.05) is 30.5 Å². The van der Waals surface area contributed by atoms with E-state index < -0.39 is 26.0 Å². The number of amides is 1. The normalized spacial score (nSPS) is 13.6. The van der Waals surface area contributed by atoms with E-state index >= 15 is 0 Å². The molecule has 0 atom stereocenters. The highest BCUT2D eigenvalue weighted by molar-refractivity contribution is 7.92. The Labute approximate surface area is 217 Å². The van der Waals surface area contributed by atoms with Gasteiger partial charge in [0.2, 0.25) is 10.0 Å². The molecule has 196 valence electrons. The Morgan fingerprint density at radius 2 is 1.57 bits per heavy atom. The Balaban J connectivity index is 1.25. The quantitative estimate of drug-likeness (QED) is 0.379. The molecule has 0 spiro atoms. The fraction of sp³-hybridized carbons (Fsp3) is 0.269. The summed E-state index contributed by atoms with van der Waals surface area (Å²) < 4.78 is 60.3. The summed E-state index contributed by atoms with van der Waals surface area (Å²) >= 11 is 0. The van der Waals surface area contributed by atoms with E-state index in [9.17, 15) is 21.6 Å². The second kappa shape index (κ2) is 11.3. The van der Waals surface area contributed by atoms with Crippen LogP contribution >= 0.6 is 0 Å². The topological polar surface area (TPSA) is 122 Å². The van der Waals surface area contributed by atoms with Crippen LogP contribution in [-0.2, 0) is 31.3 Å². The first-order valence-corrected chi connectivity index (χ1v) is 14.8. The maximum absolute atomic E-state index is 13.2. The zero-order chi connectivity index (χ0) is 26.5. The monoisotopic (exact) mass is 543 g/mol. The van der Waals surface area contributed by atoms with E-state index in [0.29, 0.717) is 18.0 Å². The van der Waals surface area contributed by atoms with Gasteiger partial charge in [0, 0.05) is 19.6 Å². The molecule has 37 heavy (non-hydrogen) atoms. The Morgan fingerprint density at radius 1 is 0.892 bits per heavy atom. The van der Waals surface area contributed by atoms with E-state index in [1.54, 1.807) is 12.1 Å². The number of benzene rings is 3. The van der Waals surface area contributed by atoms with E-state index in [1.165, 1.54) is 40.7 Å². The summed E-state index contributed by atoms with van der Waals surface area (Å²) in [7, 11) is -7.39. The van der Waals surface area contributed by atoms with Gasteiger partial charge in [0.1, 0.15) is 5.75 Å². The van der Waals surface area contributed by atoms with Crippen LogP contribution < -0.4 is 19.1 Å². The summed E-state index contributed by atoms with van der Waals surface area (Å²) in [6.07, 6.45) is 1.59. The number of para-hydroxylation sites is 1. The number of fused-ring (bicyclic) bond motifs is 1. The number of carbonyl (C=O) groups is 1. The van der Waals surface area contributed by atoms with Crippen molar-refractivity contribution in [3.05, 3.63) is 83.9 Å². The van der Waals surface area contributed by atoms with Gasteiger partial charge in [0.25, 0.3) is 15.9 Å². The molecule has 0 saturated carbocycles. The van der Waals surface area contributed by atoms with Gasteiger partial charge in [-0.15, -0.1) is 0 Å².